The Hall–Kier alpha value is -0.0231. The van der Waals surface area contributed by atoms with Crippen LogP contribution in [-0.4, -0.2) is 20.2 Å². The molecule has 4 heteroatoms. The summed E-state index contributed by atoms with van der Waals surface area (Å²) >= 11 is 5.73. The monoisotopic (exact) mass is 362 g/mol. The van der Waals surface area contributed by atoms with Gasteiger partial charge in [-0.15, -0.1) is 11.6 Å². The van der Waals surface area contributed by atoms with Crippen LogP contribution in [0.25, 0.3) is 0 Å². The van der Waals surface area contributed by atoms with Crippen LogP contribution in [-0.2, 0) is 9.22 Å². The molecule has 0 saturated carbocycles. The zero-order valence-corrected chi connectivity index (χ0v) is 17.6. The molecule has 0 saturated heterocycles. The molecule has 2 nitrogen and oxygen atoms in total. The van der Waals surface area contributed by atoms with Crippen LogP contribution in [0.5, 0.6) is 0 Å². The second kappa shape index (κ2) is 15.5. The fourth-order valence-electron chi connectivity index (χ4n) is 3.12. The second-order valence-electron chi connectivity index (χ2n) is 6.82. The Morgan fingerprint density at radius 1 is 0.783 bits per heavy atom. The van der Waals surface area contributed by atoms with E-state index >= 15 is 0 Å². The first-order valence-corrected chi connectivity index (χ1v) is 13.0. The van der Waals surface area contributed by atoms with Gasteiger partial charge in [-0.05, 0) is 24.6 Å². The molecule has 23 heavy (non-hydrogen) atoms. The standard InChI is InChI=1S/C19H39ClO2Si/c1-4-7-10-16-23(17-11-8-5-2,18-12-9-6-3)22-19(21)14-13-15-20/h4-18H2,1-3H3. The minimum atomic E-state index is -1.91. The SMILES string of the molecule is CCCCC[Si](CCCCC)(CCCCC)OC(=O)CCCCl. The summed E-state index contributed by atoms with van der Waals surface area (Å²) in [5.74, 6) is 0.562. The molecule has 0 spiro atoms. The van der Waals surface area contributed by atoms with Crippen molar-refractivity contribution < 1.29 is 9.22 Å². The molecule has 0 rings (SSSR count). The molecule has 0 N–H and O–H groups in total. The van der Waals surface area contributed by atoms with E-state index < -0.39 is 8.32 Å². The molecule has 0 radical (unpaired) electrons. The average Bonchev–Trinajstić information content (AvgIpc) is 2.53. The molecular weight excluding hydrogens is 324 g/mol. The number of unbranched alkanes of at least 4 members (excludes halogenated alkanes) is 6. The van der Waals surface area contributed by atoms with Crippen molar-refractivity contribution in [1.82, 2.24) is 0 Å². The van der Waals surface area contributed by atoms with E-state index in [9.17, 15) is 4.79 Å². The summed E-state index contributed by atoms with van der Waals surface area (Å²) < 4.78 is 6.22. The van der Waals surface area contributed by atoms with E-state index in [2.05, 4.69) is 20.8 Å². The van der Waals surface area contributed by atoms with Gasteiger partial charge in [0.15, 0.2) is 0 Å². The lowest BCUT2D eigenvalue weighted by molar-refractivity contribution is -0.135. The van der Waals surface area contributed by atoms with Gasteiger partial charge in [0.1, 0.15) is 0 Å². The number of halogens is 1. The Labute approximate surface area is 150 Å². The second-order valence-corrected chi connectivity index (χ2v) is 11.3. The molecule has 138 valence electrons. The lowest BCUT2D eigenvalue weighted by Crippen LogP contribution is -2.40. The van der Waals surface area contributed by atoms with Gasteiger partial charge in [0.25, 0.3) is 14.3 Å². The average molecular weight is 363 g/mol. The normalized spacial score (nSPS) is 11.7. The van der Waals surface area contributed by atoms with Crippen molar-refractivity contribution in [3.8, 4) is 0 Å². The van der Waals surface area contributed by atoms with E-state index in [0.29, 0.717) is 12.3 Å². The molecule has 0 aliphatic heterocycles. The van der Waals surface area contributed by atoms with Crippen LogP contribution >= 0.6 is 11.6 Å². The van der Waals surface area contributed by atoms with Crippen molar-refractivity contribution in [1.29, 1.82) is 0 Å². The molecule has 0 bridgehead atoms. The molecule has 0 aliphatic rings. The number of rotatable bonds is 16. The minimum Gasteiger partial charge on any atom is -0.519 e. The first kappa shape index (κ1) is 23.0. The molecule has 0 aliphatic carbocycles. The van der Waals surface area contributed by atoms with Gasteiger partial charge in [-0.1, -0.05) is 78.6 Å². The third-order valence-electron chi connectivity index (χ3n) is 4.55. The lowest BCUT2D eigenvalue weighted by atomic mass is 10.3. The van der Waals surface area contributed by atoms with Crippen molar-refractivity contribution in [3.63, 3.8) is 0 Å². The van der Waals surface area contributed by atoms with Crippen LogP contribution in [0, 0.1) is 0 Å². The zero-order chi connectivity index (χ0) is 17.4. The Kier molecular flexibility index (Phi) is 15.5. The summed E-state index contributed by atoms with van der Waals surface area (Å²) in [5.41, 5.74) is 0. The summed E-state index contributed by atoms with van der Waals surface area (Å²) in [6.45, 7) is 6.72. The summed E-state index contributed by atoms with van der Waals surface area (Å²) in [5, 5.41) is 0. The molecule has 0 aromatic rings. The zero-order valence-electron chi connectivity index (χ0n) is 15.8. The third kappa shape index (κ3) is 12.1. The van der Waals surface area contributed by atoms with E-state index in [4.69, 9.17) is 16.0 Å². The van der Waals surface area contributed by atoms with E-state index in [1.54, 1.807) is 0 Å². The summed E-state index contributed by atoms with van der Waals surface area (Å²) in [6.07, 6.45) is 12.4. The van der Waals surface area contributed by atoms with E-state index in [-0.39, 0.29) is 5.97 Å². The van der Waals surface area contributed by atoms with Gasteiger partial charge in [-0.2, -0.15) is 0 Å². The van der Waals surface area contributed by atoms with Gasteiger partial charge in [-0.25, -0.2) is 0 Å². The highest BCUT2D eigenvalue weighted by Crippen LogP contribution is 2.31. The van der Waals surface area contributed by atoms with Gasteiger partial charge in [0.2, 0.25) is 0 Å². The van der Waals surface area contributed by atoms with Gasteiger partial charge < -0.3 is 4.43 Å². The first-order valence-electron chi connectivity index (χ1n) is 9.92. The Morgan fingerprint density at radius 2 is 1.22 bits per heavy atom. The van der Waals surface area contributed by atoms with Gasteiger partial charge >= 0.3 is 0 Å². The molecule has 0 heterocycles. The summed E-state index contributed by atoms with van der Waals surface area (Å²) in [6, 6.07) is 3.50. The topological polar surface area (TPSA) is 26.3 Å². The number of carbonyl (C=O) groups is 1. The van der Waals surface area contributed by atoms with Crippen LogP contribution in [0.3, 0.4) is 0 Å². The predicted octanol–water partition coefficient (Wildman–Crippen LogP) is 7.06. The quantitative estimate of drug-likeness (QED) is 0.167. The molecule has 0 atom stereocenters. The fraction of sp³-hybridized carbons (Fsp3) is 0.947. The minimum absolute atomic E-state index is 0.0156. The van der Waals surface area contributed by atoms with Crippen molar-refractivity contribution >= 4 is 25.9 Å². The Bertz CT molecular complexity index is 258. The Balaban J connectivity index is 4.81. The Morgan fingerprint density at radius 3 is 1.57 bits per heavy atom. The molecule has 0 aromatic carbocycles. The number of carbonyl (C=O) groups excluding carboxylic acids is 1. The maximum absolute atomic E-state index is 12.3. The van der Waals surface area contributed by atoms with Crippen molar-refractivity contribution in [2.45, 2.75) is 110 Å². The van der Waals surface area contributed by atoms with Gasteiger partial charge in [0.05, 0.1) is 0 Å². The van der Waals surface area contributed by atoms with Gasteiger partial charge in [-0.3, -0.25) is 4.79 Å². The number of hydrogen-bond acceptors (Lipinski definition) is 2. The van der Waals surface area contributed by atoms with Crippen molar-refractivity contribution in [3.05, 3.63) is 0 Å². The smallest absolute Gasteiger partial charge is 0.292 e. The molecule has 0 fully saturated rings. The van der Waals surface area contributed by atoms with Crippen LogP contribution in [0.2, 0.25) is 18.1 Å². The van der Waals surface area contributed by atoms with Gasteiger partial charge in [0, 0.05) is 12.3 Å². The highest BCUT2D eigenvalue weighted by atomic mass is 35.5. The highest BCUT2D eigenvalue weighted by Gasteiger charge is 2.36. The molecule has 0 amide bonds. The summed E-state index contributed by atoms with van der Waals surface area (Å²) in [7, 11) is -1.91. The van der Waals surface area contributed by atoms with Crippen LogP contribution in [0.1, 0.15) is 91.4 Å². The fourth-order valence-corrected chi connectivity index (χ4v) is 7.58. The van der Waals surface area contributed by atoms with Crippen LogP contribution < -0.4 is 0 Å². The number of hydrogen-bond donors (Lipinski definition) is 0. The van der Waals surface area contributed by atoms with Crippen molar-refractivity contribution in [2.75, 3.05) is 5.88 Å². The largest absolute Gasteiger partial charge is 0.519 e. The number of alkyl halides is 1. The van der Waals surface area contributed by atoms with Crippen molar-refractivity contribution in [2.24, 2.45) is 0 Å². The third-order valence-corrected chi connectivity index (χ3v) is 9.28. The summed E-state index contributed by atoms with van der Waals surface area (Å²) in [4.78, 5) is 12.3. The van der Waals surface area contributed by atoms with E-state index in [0.717, 1.165) is 6.42 Å². The van der Waals surface area contributed by atoms with Crippen LogP contribution in [0.4, 0.5) is 0 Å². The molecular formula is C19H39ClO2Si. The predicted molar refractivity (Wildman–Crippen MR) is 105 cm³/mol. The first-order chi connectivity index (χ1) is 11.1. The molecule has 0 unspecified atom stereocenters. The maximum Gasteiger partial charge on any atom is 0.292 e. The lowest BCUT2D eigenvalue weighted by Gasteiger charge is -2.31. The molecule has 0 aromatic heterocycles. The van der Waals surface area contributed by atoms with Crippen LogP contribution in [0.15, 0.2) is 0 Å². The van der Waals surface area contributed by atoms with E-state index in [1.807, 2.05) is 0 Å². The highest BCUT2D eigenvalue weighted by molar-refractivity contribution is 6.75. The van der Waals surface area contributed by atoms with E-state index in [1.165, 1.54) is 75.9 Å². The maximum atomic E-state index is 12.3.